The molecule has 1 rings (SSSR count). The Morgan fingerprint density at radius 3 is 2.50 bits per heavy atom. The van der Waals surface area contributed by atoms with Crippen molar-refractivity contribution in [2.24, 2.45) is 0 Å². The number of carboxylic acids is 1. The van der Waals surface area contributed by atoms with E-state index in [0.29, 0.717) is 11.1 Å². The van der Waals surface area contributed by atoms with Gasteiger partial charge in [-0.15, -0.1) is 0 Å². The van der Waals surface area contributed by atoms with E-state index in [-0.39, 0.29) is 5.56 Å². The summed E-state index contributed by atoms with van der Waals surface area (Å²) in [6.07, 6.45) is -1.66. The van der Waals surface area contributed by atoms with Gasteiger partial charge in [-0.25, -0.2) is 9.18 Å². The molecule has 0 aliphatic rings. The summed E-state index contributed by atoms with van der Waals surface area (Å²) in [5.74, 6) is -1.92. The summed E-state index contributed by atoms with van der Waals surface area (Å²) in [4.78, 5) is 10.5. The summed E-state index contributed by atoms with van der Waals surface area (Å²) >= 11 is 0. The molecular formula is C10H11FO3. The molecule has 4 heteroatoms. The Labute approximate surface area is 80.8 Å². The van der Waals surface area contributed by atoms with Crippen molar-refractivity contribution in [3.05, 3.63) is 34.6 Å². The molecule has 0 spiro atoms. The Morgan fingerprint density at radius 2 is 2.00 bits per heavy atom. The van der Waals surface area contributed by atoms with Gasteiger partial charge in [0.25, 0.3) is 0 Å². The highest BCUT2D eigenvalue weighted by Gasteiger charge is 2.19. The highest BCUT2D eigenvalue weighted by Crippen LogP contribution is 2.22. The maximum Gasteiger partial charge on any atom is 0.337 e. The molecule has 3 nitrogen and oxygen atoms in total. The number of benzene rings is 1. The summed E-state index contributed by atoms with van der Waals surface area (Å²) in [7, 11) is 0. The van der Waals surface area contributed by atoms with Crippen molar-refractivity contribution in [2.45, 2.75) is 20.0 Å². The summed E-state index contributed by atoms with van der Waals surface area (Å²) < 4.78 is 12.9. The number of aryl methyl sites for hydroxylation is 1. The predicted octanol–water partition coefficient (Wildman–Crippen LogP) is 1.56. The highest BCUT2D eigenvalue weighted by molar-refractivity contribution is 5.74. The fourth-order valence-electron chi connectivity index (χ4n) is 1.26. The predicted molar refractivity (Wildman–Crippen MR) is 48.5 cm³/mol. The monoisotopic (exact) mass is 198 g/mol. The van der Waals surface area contributed by atoms with Crippen LogP contribution in [0.15, 0.2) is 12.1 Å². The lowest BCUT2D eigenvalue weighted by Gasteiger charge is -2.11. The fourth-order valence-corrected chi connectivity index (χ4v) is 1.26. The van der Waals surface area contributed by atoms with Crippen LogP contribution in [0.1, 0.15) is 22.8 Å². The molecule has 0 aromatic heterocycles. The fraction of sp³-hybridized carbons (Fsp3) is 0.300. The van der Waals surface area contributed by atoms with E-state index in [1.54, 1.807) is 13.8 Å². The number of carboxylic acid groups (broad SMARTS) is 1. The van der Waals surface area contributed by atoms with Gasteiger partial charge in [-0.2, -0.15) is 0 Å². The van der Waals surface area contributed by atoms with E-state index >= 15 is 0 Å². The van der Waals surface area contributed by atoms with Gasteiger partial charge in [-0.3, -0.25) is 0 Å². The van der Waals surface area contributed by atoms with Crippen molar-refractivity contribution in [1.82, 2.24) is 0 Å². The number of halogens is 1. The van der Waals surface area contributed by atoms with Crippen molar-refractivity contribution >= 4 is 5.97 Å². The minimum absolute atomic E-state index is 0.106. The second-order valence-corrected chi connectivity index (χ2v) is 3.18. The molecule has 1 aromatic carbocycles. The molecule has 0 aliphatic carbocycles. The van der Waals surface area contributed by atoms with Crippen molar-refractivity contribution in [3.8, 4) is 0 Å². The Bertz CT molecular complexity index is 374. The number of hydrogen-bond acceptors (Lipinski definition) is 2. The molecular weight excluding hydrogens is 187 g/mol. The third kappa shape index (κ3) is 1.90. The van der Waals surface area contributed by atoms with E-state index in [4.69, 9.17) is 5.11 Å². The van der Waals surface area contributed by atoms with Crippen molar-refractivity contribution in [3.63, 3.8) is 0 Å². The van der Waals surface area contributed by atoms with Crippen LogP contribution in [0.25, 0.3) is 0 Å². The Balaban J connectivity index is 3.26. The van der Waals surface area contributed by atoms with Crippen LogP contribution < -0.4 is 0 Å². The van der Waals surface area contributed by atoms with Gasteiger partial charge in [-0.1, -0.05) is 0 Å². The first-order chi connectivity index (χ1) is 6.43. The third-order valence-electron chi connectivity index (χ3n) is 2.20. The van der Waals surface area contributed by atoms with E-state index in [9.17, 15) is 14.3 Å². The molecule has 0 radical (unpaired) electrons. The van der Waals surface area contributed by atoms with E-state index in [1.807, 2.05) is 0 Å². The van der Waals surface area contributed by atoms with Crippen molar-refractivity contribution in [2.75, 3.05) is 0 Å². The standard InChI is InChI=1S/C10H11FO3/c1-5-3-7(11)4-8(6(5)2)9(12)10(13)14/h3-4,9,12H,1-2H3,(H,13,14). The zero-order valence-electron chi connectivity index (χ0n) is 7.91. The van der Waals surface area contributed by atoms with Crippen LogP contribution in [0.2, 0.25) is 0 Å². The van der Waals surface area contributed by atoms with Crippen LogP contribution in [-0.2, 0) is 4.79 Å². The Morgan fingerprint density at radius 1 is 1.43 bits per heavy atom. The normalized spacial score (nSPS) is 12.6. The van der Waals surface area contributed by atoms with E-state index in [1.165, 1.54) is 6.07 Å². The molecule has 76 valence electrons. The number of aliphatic hydroxyl groups excluding tert-OH is 1. The molecule has 0 bridgehead atoms. The summed E-state index contributed by atoms with van der Waals surface area (Å²) in [6.45, 7) is 3.31. The van der Waals surface area contributed by atoms with Crippen molar-refractivity contribution < 1.29 is 19.4 Å². The number of aliphatic hydroxyl groups is 1. The zero-order chi connectivity index (χ0) is 10.9. The molecule has 0 saturated carbocycles. The van der Waals surface area contributed by atoms with Crippen LogP contribution in [0.5, 0.6) is 0 Å². The molecule has 14 heavy (non-hydrogen) atoms. The molecule has 0 heterocycles. The molecule has 1 unspecified atom stereocenters. The summed E-state index contributed by atoms with van der Waals surface area (Å²) in [5, 5.41) is 17.8. The van der Waals surface area contributed by atoms with Gasteiger partial charge < -0.3 is 10.2 Å². The number of rotatable bonds is 2. The van der Waals surface area contributed by atoms with Gasteiger partial charge in [-0.05, 0) is 42.7 Å². The maximum absolute atomic E-state index is 12.9. The smallest absolute Gasteiger partial charge is 0.337 e. The van der Waals surface area contributed by atoms with Crippen LogP contribution in [-0.4, -0.2) is 16.2 Å². The van der Waals surface area contributed by atoms with Gasteiger partial charge in [0.05, 0.1) is 0 Å². The lowest BCUT2D eigenvalue weighted by atomic mass is 9.99. The van der Waals surface area contributed by atoms with Crippen LogP contribution in [0.4, 0.5) is 4.39 Å². The first-order valence-electron chi connectivity index (χ1n) is 4.11. The average molecular weight is 198 g/mol. The van der Waals surface area contributed by atoms with Gasteiger partial charge in [0.1, 0.15) is 5.82 Å². The average Bonchev–Trinajstić information content (AvgIpc) is 2.09. The molecule has 1 aromatic rings. The van der Waals surface area contributed by atoms with Gasteiger partial charge in [0.15, 0.2) is 6.10 Å². The van der Waals surface area contributed by atoms with Gasteiger partial charge in [0.2, 0.25) is 0 Å². The van der Waals surface area contributed by atoms with Crippen LogP contribution in [0.3, 0.4) is 0 Å². The van der Waals surface area contributed by atoms with Gasteiger partial charge >= 0.3 is 5.97 Å². The van der Waals surface area contributed by atoms with E-state index < -0.39 is 17.9 Å². The van der Waals surface area contributed by atoms with E-state index in [2.05, 4.69) is 0 Å². The minimum atomic E-state index is -1.66. The molecule has 2 N–H and O–H groups in total. The Hall–Kier alpha value is -1.42. The van der Waals surface area contributed by atoms with Gasteiger partial charge in [0, 0.05) is 0 Å². The lowest BCUT2D eigenvalue weighted by Crippen LogP contribution is -2.12. The summed E-state index contributed by atoms with van der Waals surface area (Å²) in [5.41, 5.74) is 1.33. The largest absolute Gasteiger partial charge is 0.479 e. The first kappa shape index (κ1) is 10.7. The SMILES string of the molecule is Cc1cc(F)cc(C(O)C(=O)O)c1C. The number of hydrogen-bond donors (Lipinski definition) is 2. The molecule has 0 aliphatic heterocycles. The number of carbonyl (C=O) groups is 1. The molecule has 0 amide bonds. The first-order valence-corrected chi connectivity index (χ1v) is 4.11. The second-order valence-electron chi connectivity index (χ2n) is 3.18. The molecule has 0 fully saturated rings. The zero-order valence-corrected chi connectivity index (χ0v) is 7.91. The topological polar surface area (TPSA) is 57.5 Å². The third-order valence-corrected chi connectivity index (χ3v) is 2.20. The van der Waals surface area contributed by atoms with Crippen LogP contribution >= 0.6 is 0 Å². The summed E-state index contributed by atoms with van der Waals surface area (Å²) in [6, 6.07) is 2.34. The quantitative estimate of drug-likeness (QED) is 0.758. The Kier molecular flexibility index (Phi) is 2.86. The molecule has 1 atom stereocenters. The van der Waals surface area contributed by atoms with Crippen molar-refractivity contribution in [1.29, 1.82) is 0 Å². The molecule has 0 saturated heterocycles. The van der Waals surface area contributed by atoms with Crippen LogP contribution in [0, 0.1) is 19.7 Å². The maximum atomic E-state index is 12.9. The van der Waals surface area contributed by atoms with E-state index in [0.717, 1.165) is 6.07 Å². The number of aliphatic carboxylic acids is 1. The highest BCUT2D eigenvalue weighted by atomic mass is 19.1. The second kappa shape index (κ2) is 3.75. The minimum Gasteiger partial charge on any atom is -0.479 e. The lowest BCUT2D eigenvalue weighted by molar-refractivity contribution is -0.147.